The van der Waals surface area contributed by atoms with E-state index in [1.165, 1.54) is 4.90 Å². The van der Waals surface area contributed by atoms with E-state index in [1.54, 1.807) is 49.5 Å². The van der Waals surface area contributed by atoms with Gasteiger partial charge in [0.2, 0.25) is 11.8 Å². The average Bonchev–Trinajstić information content (AvgIpc) is 3.89. The number of esters is 1. The topological polar surface area (TPSA) is 138 Å². The number of nitrogens with zero attached hydrogens (tertiary/aromatic N) is 3. The van der Waals surface area contributed by atoms with E-state index in [9.17, 15) is 5.11 Å². The molecule has 4 heterocycles. The predicted molar refractivity (Wildman–Crippen MR) is 276 cm³/mol. The van der Waals surface area contributed by atoms with Gasteiger partial charge in [-0.25, -0.2) is 9.69 Å². The second kappa shape index (κ2) is 19.5. The van der Waals surface area contributed by atoms with E-state index in [0.717, 1.165) is 59.1 Å². The van der Waals surface area contributed by atoms with Crippen LogP contribution in [-0.2, 0) is 37.5 Å². The van der Waals surface area contributed by atoms with Crippen LogP contribution in [0.2, 0.25) is 0 Å². The van der Waals surface area contributed by atoms with Crippen molar-refractivity contribution in [2.45, 2.75) is 81.3 Å². The summed E-state index contributed by atoms with van der Waals surface area (Å²) in [6, 6.07) is 40.0. The van der Waals surface area contributed by atoms with Crippen LogP contribution >= 0.6 is 0 Å². The van der Waals surface area contributed by atoms with Gasteiger partial charge in [-0.1, -0.05) is 121 Å². The highest BCUT2D eigenvalue weighted by atomic mass is 16.6. The van der Waals surface area contributed by atoms with E-state index in [4.69, 9.17) is 14.2 Å². The van der Waals surface area contributed by atoms with E-state index < -0.39 is 65.4 Å². The number of morpholine rings is 1. The van der Waals surface area contributed by atoms with Crippen LogP contribution in [0.1, 0.15) is 101 Å². The van der Waals surface area contributed by atoms with Gasteiger partial charge in [0.25, 0.3) is 0 Å². The number of benzene rings is 6. The standard InChI is InChI=1S/C61H56N4O8/c1-38(41-18-10-5-11-19-41)62-60(70)64-49-31-26-40(25-24-39-16-8-4-9-17-39)34-48(49)61(59(64)69)52(57(67)63-33-32-45-35-50(71-2)51(72-3)36-46(45)37-63)54-58(68)73-55(43-22-14-7-15-23-43)53(42-20-12-6-13-21-42)65(54)56(61)44-27-29-47(66)30-28-44/h5-7,10-16,18-23,26-31,34-36,38,52-56,66H,4,8-9,17,32-33,37H2,1-3H3,(H,62,70). The highest BCUT2D eigenvalue weighted by Gasteiger charge is 2.76. The van der Waals surface area contributed by atoms with Crippen LogP contribution in [0.15, 0.2) is 157 Å². The summed E-state index contributed by atoms with van der Waals surface area (Å²) in [5.41, 5.74) is 4.97. The zero-order chi connectivity index (χ0) is 50.4. The van der Waals surface area contributed by atoms with Crippen LogP contribution in [0.5, 0.6) is 17.2 Å². The maximum atomic E-state index is 16.9. The lowest BCUT2D eigenvalue weighted by Gasteiger charge is -2.46. The first-order valence-corrected chi connectivity index (χ1v) is 25.1. The zero-order valence-electron chi connectivity index (χ0n) is 41.0. The van der Waals surface area contributed by atoms with Crippen LogP contribution in [0.4, 0.5) is 10.5 Å². The molecule has 2 N–H and O–H groups in total. The van der Waals surface area contributed by atoms with Crippen molar-refractivity contribution in [1.29, 1.82) is 0 Å². The van der Waals surface area contributed by atoms with Gasteiger partial charge in [-0.2, -0.15) is 0 Å². The molecule has 0 radical (unpaired) electrons. The minimum atomic E-state index is -1.99. The maximum Gasteiger partial charge on any atom is 0.329 e. The molecule has 4 amide bonds. The Morgan fingerprint density at radius 2 is 1.42 bits per heavy atom. The van der Waals surface area contributed by atoms with E-state index in [0.29, 0.717) is 34.6 Å². The molecule has 2 fully saturated rings. The minimum Gasteiger partial charge on any atom is -0.508 e. The third kappa shape index (κ3) is 8.18. The van der Waals surface area contributed by atoms with E-state index >= 15 is 19.2 Å². The van der Waals surface area contributed by atoms with Crippen molar-refractivity contribution in [2.75, 3.05) is 25.7 Å². The molecule has 7 atom stereocenters. The molecule has 0 bridgehead atoms. The lowest BCUT2D eigenvalue weighted by Crippen LogP contribution is -2.57. The summed E-state index contributed by atoms with van der Waals surface area (Å²) in [5, 5.41) is 14.0. The molecule has 0 saturated carbocycles. The fourth-order valence-electron chi connectivity index (χ4n) is 12.1. The van der Waals surface area contributed by atoms with Gasteiger partial charge in [-0.15, -0.1) is 0 Å². The Morgan fingerprint density at radius 1 is 0.753 bits per heavy atom. The number of anilines is 1. The summed E-state index contributed by atoms with van der Waals surface area (Å²) in [4.78, 5) is 69.4. The number of fused-ring (bicyclic) bond motifs is 4. The number of phenols is 1. The molecule has 5 aliphatic rings. The smallest absolute Gasteiger partial charge is 0.329 e. The molecule has 12 heteroatoms. The second-order valence-electron chi connectivity index (χ2n) is 19.5. The fourth-order valence-corrected chi connectivity index (χ4v) is 12.1. The van der Waals surface area contributed by atoms with Crippen molar-refractivity contribution >= 4 is 29.5 Å². The van der Waals surface area contributed by atoms with Crippen LogP contribution in [0.25, 0.3) is 0 Å². The lowest BCUT2D eigenvalue weighted by molar-refractivity contribution is -0.179. The number of rotatable bonds is 8. The second-order valence-corrected chi connectivity index (χ2v) is 19.5. The third-order valence-corrected chi connectivity index (χ3v) is 15.5. The predicted octanol–water partition coefficient (Wildman–Crippen LogP) is 9.98. The van der Waals surface area contributed by atoms with Gasteiger partial charge in [-0.3, -0.25) is 19.3 Å². The van der Waals surface area contributed by atoms with Crippen LogP contribution in [-0.4, -0.2) is 65.5 Å². The van der Waals surface area contributed by atoms with Crippen molar-refractivity contribution < 1.29 is 38.5 Å². The Morgan fingerprint density at radius 3 is 2.10 bits per heavy atom. The first-order chi connectivity index (χ1) is 35.6. The monoisotopic (exact) mass is 972 g/mol. The number of amides is 4. The molecule has 6 aromatic carbocycles. The number of allylic oxidation sites excluding steroid dienone is 2. The summed E-state index contributed by atoms with van der Waals surface area (Å²) < 4.78 is 18.1. The maximum absolute atomic E-state index is 16.9. The number of hydrogen-bond acceptors (Lipinski definition) is 9. The third-order valence-electron chi connectivity index (χ3n) is 15.5. The molecule has 7 unspecified atom stereocenters. The van der Waals surface area contributed by atoms with Gasteiger partial charge in [-0.05, 0) is 126 Å². The van der Waals surface area contributed by atoms with Crippen LogP contribution < -0.4 is 19.7 Å². The summed E-state index contributed by atoms with van der Waals surface area (Å²) in [6.45, 7) is 2.25. The van der Waals surface area contributed by atoms with Crippen LogP contribution in [0.3, 0.4) is 0 Å². The highest BCUT2D eigenvalue weighted by Crippen LogP contribution is 2.66. The summed E-state index contributed by atoms with van der Waals surface area (Å²) in [6.07, 6.45) is 5.65. The zero-order valence-corrected chi connectivity index (χ0v) is 41.0. The Bertz CT molecular complexity index is 3210. The average molecular weight is 973 g/mol. The van der Waals surface area contributed by atoms with Crippen molar-refractivity contribution in [3.05, 3.63) is 202 Å². The van der Waals surface area contributed by atoms with Crippen LogP contribution in [0, 0.1) is 17.8 Å². The molecule has 12 nitrogen and oxygen atoms in total. The number of hydrogen-bond donors (Lipinski definition) is 2. The summed E-state index contributed by atoms with van der Waals surface area (Å²) in [5.74, 6) is 4.57. The highest BCUT2D eigenvalue weighted by molar-refractivity contribution is 6.24. The van der Waals surface area contributed by atoms with E-state index in [2.05, 4.69) is 23.2 Å². The molecule has 11 rings (SSSR count). The molecule has 0 aromatic heterocycles. The Labute approximate surface area is 425 Å². The molecule has 4 aliphatic heterocycles. The number of imide groups is 1. The quantitative estimate of drug-likeness (QED) is 0.113. The van der Waals surface area contributed by atoms with Gasteiger partial charge in [0.15, 0.2) is 11.5 Å². The molecule has 6 aromatic rings. The number of nitrogens with one attached hydrogen (secondary N) is 1. The van der Waals surface area contributed by atoms with Gasteiger partial charge < -0.3 is 29.5 Å². The normalized spacial score (nSPS) is 23.5. The largest absolute Gasteiger partial charge is 0.508 e. The molecule has 1 spiro atoms. The Hall–Kier alpha value is -8.14. The Balaban J connectivity index is 1.18. The molecule has 73 heavy (non-hydrogen) atoms. The van der Waals surface area contributed by atoms with Crippen molar-refractivity contribution in [1.82, 2.24) is 15.1 Å². The minimum absolute atomic E-state index is 0.0116. The van der Waals surface area contributed by atoms with Gasteiger partial charge in [0.1, 0.15) is 23.3 Å². The number of ether oxygens (including phenoxy) is 3. The number of carbonyl (C=O) groups excluding carboxylic acids is 4. The van der Waals surface area contributed by atoms with E-state index in [1.807, 2.05) is 127 Å². The van der Waals surface area contributed by atoms with Crippen molar-refractivity contribution in [3.63, 3.8) is 0 Å². The first kappa shape index (κ1) is 47.2. The van der Waals surface area contributed by atoms with Crippen molar-refractivity contribution in [2.24, 2.45) is 5.92 Å². The molecule has 368 valence electrons. The lowest BCUT2D eigenvalue weighted by atomic mass is 9.64. The number of cyclic esters (lactones) is 1. The number of methoxy groups -OCH3 is 2. The summed E-state index contributed by atoms with van der Waals surface area (Å²) >= 11 is 0. The van der Waals surface area contributed by atoms with Gasteiger partial charge in [0, 0.05) is 18.7 Å². The molecular weight excluding hydrogens is 917 g/mol. The molecule has 1 aliphatic carbocycles. The number of aromatic hydroxyl groups is 1. The molecular formula is C61H56N4O8. The van der Waals surface area contributed by atoms with Gasteiger partial charge in [0.05, 0.1) is 44.0 Å². The fraction of sp³-hybridized carbons (Fsp3) is 0.279. The van der Waals surface area contributed by atoms with Crippen molar-refractivity contribution in [3.8, 4) is 29.1 Å². The Kier molecular flexibility index (Phi) is 12.6. The number of carbonyl (C=O) groups is 4. The van der Waals surface area contributed by atoms with Gasteiger partial charge >= 0.3 is 12.0 Å². The van der Waals surface area contributed by atoms with E-state index in [-0.39, 0.29) is 24.5 Å². The summed E-state index contributed by atoms with van der Waals surface area (Å²) in [7, 11) is 3.15. The number of urea groups is 1. The SMILES string of the molecule is COc1cc2c(cc1OC)CN(C(=O)C1C3C(=O)OC(c4ccccc4)C(c4ccccc4)N3C(c3ccc(O)cc3)C13C(=O)N(C(=O)NC(C)c1ccccc1)c1ccc(C#CC4=CCCCC4)cc13)CC2. The number of phenolic OH excluding ortho intramolecular Hbond substituents is 1. The molecule has 2 saturated heterocycles. The first-order valence-electron chi connectivity index (χ1n) is 25.1.